The number of benzene rings is 1. The van der Waals surface area contributed by atoms with E-state index in [0.717, 1.165) is 6.42 Å². The van der Waals surface area contributed by atoms with E-state index in [1.165, 1.54) is 21.6 Å². The van der Waals surface area contributed by atoms with Crippen molar-refractivity contribution < 1.29 is 14.3 Å². The summed E-state index contributed by atoms with van der Waals surface area (Å²) < 4.78 is 6.82. The summed E-state index contributed by atoms with van der Waals surface area (Å²) in [4.78, 5) is 52.8. The van der Waals surface area contributed by atoms with Crippen molar-refractivity contribution in [2.75, 3.05) is 23.8 Å². The van der Waals surface area contributed by atoms with E-state index < -0.39 is 29.7 Å². The van der Waals surface area contributed by atoms with Crippen molar-refractivity contribution in [3.05, 3.63) is 50.7 Å². The maximum atomic E-state index is 13.1. The highest BCUT2D eigenvalue weighted by Gasteiger charge is 2.24. The first kappa shape index (κ1) is 24.7. The van der Waals surface area contributed by atoms with E-state index in [-0.39, 0.29) is 35.3 Å². The zero-order valence-corrected chi connectivity index (χ0v) is 18.7. The molecule has 1 aromatic heterocycles. The average molecular weight is 446 g/mol. The molecule has 0 saturated heterocycles. The molecule has 174 valence electrons. The van der Waals surface area contributed by atoms with Gasteiger partial charge >= 0.3 is 5.69 Å². The highest BCUT2D eigenvalue weighted by molar-refractivity contribution is 5.96. The summed E-state index contributed by atoms with van der Waals surface area (Å²) in [6.07, 6.45) is 2.12. The van der Waals surface area contributed by atoms with E-state index in [0.29, 0.717) is 19.4 Å². The van der Waals surface area contributed by atoms with Gasteiger partial charge in [0.1, 0.15) is 11.6 Å². The summed E-state index contributed by atoms with van der Waals surface area (Å²) in [5.74, 6) is -0.639. The molecule has 0 radical (unpaired) electrons. The van der Waals surface area contributed by atoms with E-state index >= 15 is 0 Å². The number of H-pyrrole nitrogens is 1. The summed E-state index contributed by atoms with van der Waals surface area (Å²) in [7, 11) is 0. The quantitative estimate of drug-likeness (QED) is 0.476. The first-order valence-electron chi connectivity index (χ1n) is 10.6. The molecule has 2 amide bonds. The number of ether oxygens (including phenoxy) is 1. The van der Waals surface area contributed by atoms with Crippen LogP contribution in [0.5, 0.6) is 5.75 Å². The number of carbonyl (C=O) groups excluding carboxylic acids is 2. The van der Waals surface area contributed by atoms with Gasteiger partial charge in [-0.05, 0) is 37.0 Å². The zero-order valence-electron chi connectivity index (χ0n) is 18.7. The fraction of sp³-hybridized carbons (Fsp3) is 0.455. The lowest BCUT2D eigenvalue weighted by atomic mass is 10.1. The van der Waals surface area contributed by atoms with Crippen molar-refractivity contribution in [3.8, 4) is 5.75 Å². The lowest BCUT2D eigenvalue weighted by Crippen LogP contribution is -2.43. The molecule has 0 unspecified atom stereocenters. The van der Waals surface area contributed by atoms with Gasteiger partial charge in [-0.25, -0.2) is 4.79 Å². The Morgan fingerprint density at radius 3 is 2.59 bits per heavy atom. The van der Waals surface area contributed by atoms with Gasteiger partial charge in [-0.3, -0.25) is 23.9 Å². The normalized spacial score (nSPS) is 10.9. The second kappa shape index (κ2) is 11.2. The van der Waals surface area contributed by atoms with Crippen molar-refractivity contribution in [3.63, 3.8) is 0 Å². The molecule has 2 aromatic rings. The van der Waals surface area contributed by atoms with E-state index in [2.05, 4.69) is 4.98 Å². The van der Waals surface area contributed by atoms with Crippen LogP contribution in [-0.4, -0.2) is 34.5 Å². The number of nitrogen functional groups attached to an aromatic ring is 1. The van der Waals surface area contributed by atoms with Crippen molar-refractivity contribution >= 4 is 23.3 Å². The van der Waals surface area contributed by atoms with Crippen LogP contribution in [0.15, 0.2) is 33.9 Å². The Kier molecular flexibility index (Phi) is 8.62. The van der Waals surface area contributed by atoms with Crippen LogP contribution in [0.1, 0.15) is 50.4 Å². The number of hydrogen-bond donors (Lipinski definition) is 3. The number of aromatic amines is 1. The minimum Gasteiger partial charge on any atom is -0.484 e. The minimum atomic E-state index is -0.729. The Morgan fingerprint density at radius 1 is 1.25 bits per heavy atom. The monoisotopic (exact) mass is 445 g/mol. The SMILES string of the molecule is CCCCn1c(N)c(N(CCC(C)C)C(=O)COc2cccc(C(N)=O)c2)c(=O)[nH]c1=O. The number of hydrogen-bond acceptors (Lipinski definition) is 6. The molecule has 0 atom stereocenters. The van der Waals surface area contributed by atoms with E-state index in [9.17, 15) is 19.2 Å². The van der Waals surface area contributed by atoms with Crippen LogP contribution < -0.4 is 32.4 Å². The predicted molar refractivity (Wildman–Crippen MR) is 123 cm³/mol. The number of nitrogens with zero attached hydrogens (tertiary/aromatic N) is 2. The molecule has 32 heavy (non-hydrogen) atoms. The highest BCUT2D eigenvalue weighted by Crippen LogP contribution is 2.20. The Labute approximate surface area is 186 Å². The molecule has 10 nitrogen and oxygen atoms in total. The first-order valence-corrected chi connectivity index (χ1v) is 10.6. The summed E-state index contributed by atoms with van der Waals surface area (Å²) in [5.41, 5.74) is 10.3. The van der Waals surface area contributed by atoms with Crippen LogP contribution in [0, 0.1) is 5.92 Å². The number of rotatable bonds is 11. The van der Waals surface area contributed by atoms with E-state index in [1.807, 2.05) is 20.8 Å². The van der Waals surface area contributed by atoms with Crippen LogP contribution in [0.3, 0.4) is 0 Å². The Balaban J connectivity index is 2.36. The molecule has 0 bridgehead atoms. The molecule has 0 aliphatic rings. The predicted octanol–water partition coefficient (Wildman–Crippen LogP) is 1.48. The second-order valence-electron chi connectivity index (χ2n) is 7.91. The number of anilines is 2. The topological polar surface area (TPSA) is 154 Å². The van der Waals surface area contributed by atoms with E-state index in [1.54, 1.807) is 12.1 Å². The molecule has 2 rings (SSSR count). The van der Waals surface area contributed by atoms with Gasteiger partial charge in [-0.15, -0.1) is 0 Å². The molecule has 0 saturated carbocycles. The van der Waals surface area contributed by atoms with Gasteiger partial charge in [-0.2, -0.15) is 0 Å². The van der Waals surface area contributed by atoms with Crippen molar-refractivity contribution in [2.45, 2.75) is 46.6 Å². The average Bonchev–Trinajstić information content (AvgIpc) is 2.74. The largest absolute Gasteiger partial charge is 0.484 e. The molecule has 0 aliphatic carbocycles. The summed E-state index contributed by atoms with van der Waals surface area (Å²) in [6.45, 7) is 6.10. The third-order valence-electron chi connectivity index (χ3n) is 4.93. The molecular formula is C22H31N5O5. The lowest BCUT2D eigenvalue weighted by molar-refractivity contribution is -0.120. The van der Waals surface area contributed by atoms with Crippen LogP contribution in [0.4, 0.5) is 11.5 Å². The fourth-order valence-electron chi connectivity index (χ4n) is 3.09. The standard InChI is InChI=1S/C22H31N5O5/c1-4-5-10-27-19(23)18(21(30)25-22(27)31)26(11-9-14(2)3)17(28)13-32-16-8-6-7-15(12-16)20(24)29/h6-8,12,14H,4-5,9-11,13,23H2,1-3H3,(H2,24,29)(H,25,30,31). The molecule has 0 spiro atoms. The van der Waals surface area contributed by atoms with Gasteiger partial charge < -0.3 is 21.1 Å². The minimum absolute atomic E-state index is 0.0555. The number of nitrogens with one attached hydrogen (secondary N) is 1. The fourth-order valence-corrected chi connectivity index (χ4v) is 3.09. The number of aromatic nitrogens is 2. The molecule has 10 heteroatoms. The molecule has 1 heterocycles. The molecule has 0 aliphatic heterocycles. The Morgan fingerprint density at radius 2 is 1.97 bits per heavy atom. The Hall–Kier alpha value is -3.56. The van der Waals surface area contributed by atoms with E-state index in [4.69, 9.17) is 16.2 Å². The number of primary amides is 1. The number of carbonyl (C=O) groups is 2. The highest BCUT2D eigenvalue weighted by atomic mass is 16.5. The summed E-state index contributed by atoms with van der Waals surface area (Å²) >= 11 is 0. The van der Waals surface area contributed by atoms with Gasteiger partial charge in [0.25, 0.3) is 11.5 Å². The van der Waals surface area contributed by atoms with Crippen molar-refractivity contribution in [2.24, 2.45) is 11.7 Å². The second-order valence-corrected chi connectivity index (χ2v) is 7.91. The van der Waals surface area contributed by atoms with Crippen molar-refractivity contribution in [1.29, 1.82) is 0 Å². The van der Waals surface area contributed by atoms with Crippen LogP contribution in [-0.2, 0) is 11.3 Å². The lowest BCUT2D eigenvalue weighted by Gasteiger charge is -2.25. The third kappa shape index (κ3) is 6.22. The summed E-state index contributed by atoms with van der Waals surface area (Å²) in [6, 6.07) is 6.14. The third-order valence-corrected chi connectivity index (χ3v) is 4.93. The van der Waals surface area contributed by atoms with Crippen molar-refractivity contribution in [1.82, 2.24) is 9.55 Å². The van der Waals surface area contributed by atoms with Gasteiger partial charge in [0.15, 0.2) is 12.3 Å². The molecular weight excluding hydrogens is 414 g/mol. The Bertz CT molecular complexity index is 1070. The maximum Gasteiger partial charge on any atom is 0.330 e. The van der Waals surface area contributed by atoms with Gasteiger partial charge in [-0.1, -0.05) is 33.3 Å². The molecule has 5 N–H and O–H groups in total. The van der Waals surface area contributed by atoms with Gasteiger partial charge in [0.2, 0.25) is 5.91 Å². The number of unbranched alkanes of at least 4 members (excludes halogenated alkanes) is 1. The van der Waals surface area contributed by atoms with Gasteiger partial charge in [0.05, 0.1) is 0 Å². The number of nitrogens with two attached hydrogens (primary N) is 2. The van der Waals surface area contributed by atoms with Crippen LogP contribution in [0.2, 0.25) is 0 Å². The number of amides is 2. The molecule has 1 aromatic carbocycles. The summed E-state index contributed by atoms with van der Waals surface area (Å²) in [5, 5.41) is 0. The smallest absolute Gasteiger partial charge is 0.330 e. The zero-order chi connectivity index (χ0) is 23.8. The first-order chi connectivity index (χ1) is 15.1. The van der Waals surface area contributed by atoms with Crippen LogP contribution in [0.25, 0.3) is 0 Å². The maximum absolute atomic E-state index is 13.1. The van der Waals surface area contributed by atoms with Gasteiger partial charge in [0, 0.05) is 18.7 Å². The molecule has 0 fully saturated rings. The van der Waals surface area contributed by atoms with Crippen LogP contribution >= 0.6 is 0 Å².